The first-order valence-electron chi connectivity index (χ1n) is 5.51. The van der Waals surface area contributed by atoms with Crippen LogP contribution in [0, 0.1) is 0 Å². The quantitative estimate of drug-likeness (QED) is 0.455. The molecule has 0 rings (SSSR count). The van der Waals surface area contributed by atoms with Crippen LogP contribution in [0.4, 0.5) is 0 Å². The van der Waals surface area contributed by atoms with Crippen molar-refractivity contribution < 1.29 is 0 Å². The van der Waals surface area contributed by atoms with Gasteiger partial charge in [0.25, 0.3) is 9.28 Å². The largest absolute Gasteiger partial charge is 0.319 e. The third-order valence-corrected chi connectivity index (χ3v) is 4.16. The van der Waals surface area contributed by atoms with E-state index in [2.05, 4.69) is 33.8 Å². The summed E-state index contributed by atoms with van der Waals surface area (Å²) in [7, 11) is 5.13. The Labute approximate surface area is 90.3 Å². The Hall–Kier alpha value is 0.0569. The summed E-state index contributed by atoms with van der Waals surface area (Å²) >= 11 is 0. The summed E-state index contributed by atoms with van der Waals surface area (Å²) in [6.07, 6.45) is 2.58. The van der Waals surface area contributed by atoms with Crippen LogP contribution in [0.1, 0.15) is 19.8 Å². The molecule has 0 atom stereocenters. The van der Waals surface area contributed by atoms with Gasteiger partial charge in [0.1, 0.15) is 0 Å². The van der Waals surface area contributed by atoms with Crippen molar-refractivity contribution in [2.24, 2.45) is 0 Å². The maximum absolute atomic E-state index is 3.50. The molecular weight excluding hydrogens is 192 g/mol. The minimum absolute atomic E-state index is 1.05. The molecule has 0 aromatic heterocycles. The number of likely N-dealkylation sites (N-methyl/N-ethyl adjacent to an activating group) is 1. The highest BCUT2D eigenvalue weighted by atomic mass is 28.3. The van der Waals surface area contributed by atoms with Crippen LogP contribution in [0.5, 0.6) is 0 Å². The van der Waals surface area contributed by atoms with Gasteiger partial charge in [-0.2, -0.15) is 0 Å². The normalized spacial score (nSPS) is 11.6. The molecule has 0 spiro atoms. The van der Waals surface area contributed by atoms with Crippen molar-refractivity contribution in [1.82, 2.24) is 19.8 Å². The van der Waals surface area contributed by atoms with E-state index in [9.17, 15) is 0 Å². The summed E-state index contributed by atoms with van der Waals surface area (Å²) in [5.74, 6) is 0. The smallest absolute Gasteiger partial charge is 0.264 e. The Morgan fingerprint density at radius 2 is 1.79 bits per heavy atom. The van der Waals surface area contributed by atoms with Gasteiger partial charge < -0.3 is 19.8 Å². The van der Waals surface area contributed by atoms with Gasteiger partial charge in [-0.1, -0.05) is 13.3 Å². The summed E-state index contributed by atoms with van der Waals surface area (Å²) in [5, 5.41) is 0. The average molecular weight is 218 g/mol. The second-order valence-electron chi connectivity index (χ2n) is 3.62. The Balaban J connectivity index is 3.33. The molecule has 14 heavy (non-hydrogen) atoms. The van der Waals surface area contributed by atoms with Crippen LogP contribution in [0.3, 0.4) is 0 Å². The lowest BCUT2D eigenvalue weighted by Gasteiger charge is -2.19. The third-order valence-electron chi connectivity index (χ3n) is 2.31. The Bertz CT molecular complexity index is 119. The first-order valence-corrected chi connectivity index (χ1v) is 7.24. The fourth-order valence-corrected chi connectivity index (χ4v) is 2.40. The second-order valence-corrected chi connectivity index (χ2v) is 6.05. The number of unbranched alkanes of at least 4 members (excludes halogenated alkanes) is 1. The lowest BCUT2D eigenvalue weighted by atomic mass is 10.3. The Morgan fingerprint density at radius 1 is 1.14 bits per heavy atom. The van der Waals surface area contributed by atoms with E-state index in [-0.39, 0.29) is 0 Å². The van der Waals surface area contributed by atoms with Crippen LogP contribution in [-0.2, 0) is 0 Å². The van der Waals surface area contributed by atoms with Gasteiger partial charge in [0.05, 0.1) is 0 Å². The Kier molecular flexibility index (Phi) is 9.64. The number of hydrogen-bond acceptors (Lipinski definition) is 4. The van der Waals surface area contributed by atoms with Crippen molar-refractivity contribution in [3.63, 3.8) is 0 Å². The van der Waals surface area contributed by atoms with Crippen molar-refractivity contribution in [2.45, 2.75) is 19.8 Å². The van der Waals surface area contributed by atoms with E-state index in [0.29, 0.717) is 0 Å². The summed E-state index contributed by atoms with van der Waals surface area (Å²) < 4.78 is 0. The average Bonchev–Trinajstić information content (AvgIpc) is 2.21. The Morgan fingerprint density at radius 3 is 2.29 bits per heavy atom. The van der Waals surface area contributed by atoms with Crippen LogP contribution in [0.25, 0.3) is 0 Å². The van der Waals surface area contributed by atoms with Crippen molar-refractivity contribution in [1.29, 1.82) is 0 Å². The van der Waals surface area contributed by atoms with E-state index >= 15 is 0 Å². The molecule has 0 aromatic carbocycles. The number of nitrogens with zero attached hydrogens (tertiary/aromatic N) is 1. The zero-order valence-electron chi connectivity index (χ0n) is 10.1. The van der Waals surface area contributed by atoms with Gasteiger partial charge in [-0.05, 0) is 34.1 Å². The molecule has 0 aliphatic carbocycles. The molecule has 0 saturated carbocycles. The van der Waals surface area contributed by atoms with Gasteiger partial charge >= 0.3 is 0 Å². The topological polar surface area (TPSA) is 39.3 Å². The minimum Gasteiger partial charge on any atom is -0.319 e. The summed E-state index contributed by atoms with van der Waals surface area (Å²) in [6, 6.07) is 0. The number of nitrogens with one attached hydrogen (secondary N) is 3. The van der Waals surface area contributed by atoms with Gasteiger partial charge in [-0.3, -0.25) is 0 Å². The molecule has 0 bridgehead atoms. The third kappa shape index (κ3) is 7.46. The van der Waals surface area contributed by atoms with Crippen molar-refractivity contribution in [3.05, 3.63) is 0 Å². The molecule has 0 radical (unpaired) electrons. The molecule has 0 saturated heterocycles. The SMILES string of the molecule is CCCCN(C)CCN[SiH](NC)NC. The fraction of sp³-hybridized carbons (Fsp3) is 1.00. The van der Waals surface area contributed by atoms with Crippen molar-refractivity contribution >= 4 is 9.28 Å². The first kappa shape index (κ1) is 14.1. The monoisotopic (exact) mass is 218 g/mol. The molecule has 0 aromatic rings. The summed E-state index contributed by atoms with van der Waals surface area (Å²) in [5.41, 5.74) is 0. The van der Waals surface area contributed by atoms with Crippen LogP contribution >= 0.6 is 0 Å². The van der Waals surface area contributed by atoms with E-state index < -0.39 is 9.28 Å². The highest BCUT2D eigenvalue weighted by molar-refractivity contribution is 6.50. The molecule has 0 unspecified atom stereocenters. The van der Waals surface area contributed by atoms with Crippen LogP contribution in [0.2, 0.25) is 0 Å². The molecule has 0 heterocycles. The van der Waals surface area contributed by atoms with Crippen molar-refractivity contribution in [3.8, 4) is 0 Å². The molecule has 0 fully saturated rings. The number of hydrogen-bond donors (Lipinski definition) is 3. The molecule has 3 N–H and O–H groups in total. The maximum Gasteiger partial charge on any atom is 0.264 e. The highest BCUT2D eigenvalue weighted by Crippen LogP contribution is 1.89. The van der Waals surface area contributed by atoms with Gasteiger partial charge in [0.15, 0.2) is 0 Å². The molecular formula is C9H26N4Si. The fourth-order valence-electron chi connectivity index (χ4n) is 1.29. The van der Waals surface area contributed by atoms with Gasteiger partial charge in [-0.25, -0.2) is 0 Å². The van der Waals surface area contributed by atoms with E-state index in [0.717, 1.165) is 13.1 Å². The predicted octanol–water partition coefficient (Wildman–Crippen LogP) is -0.536. The van der Waals surface area contributed by atoms with E-state index in [1.807, 2.05) is 14.1 Å². The zero-order valence-corrected chi connectivity index (χ0v) is 11.2. The molecule has 86 valence electrons. The first-order chi connectivity index (χ1) is 6.74. The zero-order chi connectivity index (χ0) is 10.8. The second kappa shape index (κ2) is 9.61. The lowest BCUT2D eigenvalue weighted by Crippen LogP contribution is -2.56. The van der Waals surface area contributed by atoms with Crippen LogP contribution in [0.15, 0.2) is 0 Å². The molecule has 0 amide bonds. The minimum atomic E-state index is -1.05. The van der Waals surface area contributed by atoms with E-state index in [1.165, 1.54) is 19.4 Å². The highest BCUT2D eigenvalue weighted by Gasteiger charge is 2.04. The summed E-state index contributed by atoms with van der Waals surface area (Å²) in [6.45, 7) is 5.65. The molecule has 5 heteroatoms. The maximum atomic E-state index is 3.50. The van der Waals surface area contributed by atoms with Crippen LogP contribution < -0.4 is 14.9 Å². The van der Waals surface area contributed by atoms with Gasteiger partial charge in [0, 0.05) is 13.1 Å². The number of rotatable bonds is 9. The van der Waals surface area contributed by atoms with Gasteiger partial charge in [0.2, 0.25) is 0 Å². The van der Waals surface area contributed by atoms with E-state index in [1.54, 1.807) is 0 Å². The predicted molar refractivity (Wildman–Crippen MR) is 65.7 cm³/mol. The van der Waals surface area contributed by atoms with Crippen molar-refractivity contribution in [2.75, 3.05) is 40.8 Å². The van der Waals surface area contributed by atoms with Crippen LogP contribution in [-0.4, -0.2) is 55.0 Å². The molecule has 0 aliphatic heterocycles. The lowest BCUT2D eigenvalue weighted by molar-refractivity contribution is 0.332. The standard InChI is InChI=1S/C9H26N4Si/c1-5-6-8-13(4)9-7-12-14(10-2)11-3/h10-12,14H,5-9H2,1-4H3. The van der Waals surface area contributed by atoms with E-state index in [4.69, 9.17) is 0 Å². The molecule has 0 aliphatic rings. The van der Waals surface area contributed by atoms with Gasteiger partial charge in [-0.15, -0.1) is 0 Å². The molecule has 4 nitrogen and oxygen atoms in total. The summed E-state index contributed by atoms with van der Waals surface area (Å²) in [4.78, 5) is 12.4.